The number of rotatable bonds is 6. The Bertz CT molecular complexity index is 964. The van der Waals surface area contributed by atoms with Crippen LogP contribution in [-0.4, -0.2) is 33.2 Å². The summed E-state index contributed by atoms with van der Waals surface area (Å²) in [4.78, 5) is 15.2. The molecular formula is C24H27N3O2. The van der Waals surface area contributed by atoms with Crippen molar-refractivity contribution in [3.05, 3.63) is 82.7 Å². The van der Waals surface area contributed by atoms with Crippen molar-refractivity contribution in [3.63, 3.8) is 0 Å². The van der Waals surface area contributed by atoms with E-state index in [-0.39, 0.29) is 17.6 Å². The van der Waals surface area contributed by atoms with Gasteiger partial charge in [0.15, 0.2) is 0 Å². The smallest absolute Gasteiger partial charge is 0.230 e. The molecule has 29 heavy (non-hydrogen) atoms. The predicted molar refractivity (Wildman–Crippen MR) is 113 cm³/mol. The predicted octanol–water partition coefficient (Wildman–Crippen LogP) is 3.98. The fraction of sp³-hybridized carbons (Fsp3) is 0.333. The molecule has 0 bridgehead atoms. The van der Waals surface area contributed by atoms with Gasteiger partial charge < -0.3 is 10.0 Å². The largest absolute Gasteiger partial charge is 0.508 e. The van der Waals surface area contributed by atoms with Crippen LogP contribution >= 0.6 is 0 Å². The third-order valence-electron chi connectivity index (χ3n) is 5.78. The maximum Gasteiger partial charge on any atom is 0.230 e. The van der Waals surface area contributed by atoms with Gasteiger partial charge in [0.25, 0.3) is 0 Å². The molecule has 1 aromatic heterocycles. The van der Waals surface area contributed by atoms with Crippen molar-refractivity contribution in [2.45, 2.75) is 44.6 Å². The summed E-state index contributed by atoms with van der Waals surface area (Å²) in [5.41, 5.74) is 5.55. The minimum absolute atomic E-state index is 0.0804. The van der Waals surface area contributed by atoms with Gasteiger partial charge in [0.05, 0.1) is 18.2 Å². The maximum absolute atomic E-state index is 13.4. The molecule has 4 rings (SSSR count). The molecule has 3 aromatic rings. The van der Waals surface area contributed by atoms with Crippen LogP contribution in [0.1, 0.15) is 46.8 Å². The van der Waals surface area contributed by atoms with Gasteiger partial charge in [0.1, 0.15) is 5.75 Å². The second kappa shape index (κ2) is 8.52. The number of aromatic amines is 1. The molecule has 0 spiro atoms. The number of carbonyl (C=O) groups is 1. The number of aryl methyl sites for hydroxylation is 1. The highest BCUT2D eigenvalue weighted by atomic mass is 16.3. The van der Waals surface area contributed by atoms with Gasteiger partial charge in [-0.05, 0) is 60.9 Å². The van der Waals surface area contributed by atoms with Crippen molar-refractivity contribution >= 4 is 5.91 Å². The van der Waals surface area contributed by atoms with Crippen molar-refractivity contribution in [1.82, 2.24) is 15.1 Å². The number of hydrogen-bond donors (Lipinski definition) is 2. The average Bonchev–Trinajstić information content (AvgIpc) is 3.16. The van der Waals surface area contributed by atoms with E-state index in [9.17, 15) is 9.90 Å². The monoisotopic (exact) mass is 389 g/mol. The van der Waals surface area contributed by atoms with Crippen LogP contribution in [-0.2, 0) is 30.6 Å². The first-order valence-corrected chi connectivity index (χ1v) is 10.2. The summed E-state index contributed by atoms with van der Waals surface area (Å²) in [5.74, 6) is 0.0362. The highest BCUT2D eigenvalue weighted by Crippen LogP contribution is 2.27. The molecule has 1 atom stereocenters. The van der Waals surface area contributed by atoms with Crippen LogP contribution < -0.4 is 0 Å². The van der Waals surface area contributed by atoms with Crippen LogP contribution in [0.4, 0.5) is 0 Å². The number of hydrogen-bond acceptors (Lipinski definition) is 3. The number of H-pyrrole nitrogens is 1. The zero-order chi connectivity index (χ0) is 20.2. The fourth-order valence-electron chi connectivity index (χ4n) is 4.15. The summed E-state index contributed by atoms with van der Waals surface area (Å²) in [6.07, 6.45) is 5.06. The van der Waals surface area contributed by atoms with E-state index in [1.807, 2.05) is 49.5 Å². The number of nitrogens with zero attached hydrogens (tertiary/aromatic N) is 2. The second-order valence-electron chi connectivity index (χ2n) is 7.86. The fourth-order valence-corrected chi connectivity index (χ4v) is 4.15. The molecule has 0 radical (unpaired) electrons. The Hall–Kier alpha value is -3.08. The zero-order valence-corrected chi connectivity index (χ0v) is 16.8. The Morgan fingerprint density at radius 3 is 2.59 bits per heavy atom. The van der Waals surface area contributed by atoms with Gasteiger partial charge in [0.2, 0.25) is 5.91 Å². The first kappa shape index (κ1) is 19.2. The Kier molecular flexibility index (Phi) is 5.65. The molecule has 1 heterocycles. The van der Waals surface area contributed by atoms with Crippen molar-refractivity contribution in [3.8, 4) is 5.75 Å². The lowest BCUT2D eigenvalue weighted by Gasteiger charge is -2.24. The quantitative estimate of drug-likeness (QED) is 0.670. The summed E-state index contributed by atoms with van der Waals surface area (Å²) >= 11 is 0. The van der Waals surface area contributed by atoms with Gasteiger partial charge in [-0.3, -0.25) is 9.89 Å². The molecule has 150 valence electrons. The number of likely N-dealkylation sites (N-methyl/N-ethyl adjacent to an activating group) is 1. The molecule has 0 saturated carbocycles. The van der Waals surface area contributed by atoms with Gasteiger partial charge in [-0.2, -0.15) is 5.10 Å². The lowest BCUT2D eigenvalue weighted by atomic mass is 9.90. The number of nitrogens with one attached hydrogen (secondary N) is 1. The Morgan fingerprint density at radius 1 is 1.10 bits per heavy atom. The van der Waals surface area contributed by atoms with Crippen LogP contribution in [0.2, 0.25) is 0 Å². The number of amides is 1. The normalized spacial score (nSPS) is 14.2. The third-order valence-corrected chi connectivity index (χ3v) is 5.78. The standard InChI is InChI=1S/C24H27N3O2/c1-27(16-23-20-9-5-6-10-22(20)25-26-23)24(29)21(18-7-3-2-4-8-18)15-17-11-13-19(28)14-12-17/h2-4,7-8,11-14,21,28H,5-6,9-10,15-16H2,1H3,(H,25,26). The molecular weight excluding hydrogens is 362 g/mol. The number of fused-ring (bicyclic) bond motifs is 1. The highest BCUT2D eigenvalue weighted by Gasteiger charge is 2.26. The van der Waals surface area contributed by atoms with Gasteiger partial charge >= 0.3 is 0 Å². The van der Waals surface area contributed by atoms with E-state index in [1.165, 1.54) is 24.1 Å². The van der Waals surface area contributed by atoms with Crippen molar-refractivity contribution in [2.24, 2.45) is 0 Å². The maximum atomic E-state index is 13.4. The lowest BCUT2D eigenvalue weighted by molar-refractivity contribution is -0.132. The van der Waals surface area contributed by atoms with Crippen LogP contribution in [0.5, 0.6) is 5.75 Å². The summed E-state index contributed by atoms with van der Waals surface area (Å²) < 4.78 is 0. The SMILES string of the molecule is CN(Cc1n[nH]c2c1CCCC2)C(=O)C(Cc1ccc(O)cc1)c1ccccc1. The molecule has 1 unspecified atom stereocenters. The molecule has 0 saturated heterocycles. The minimum Gasteiger partial charge on any atom is -0.508 e. The molecule has 1 aliphatic carbocycles. The van der Waals surface area contributed by atoms with E-state index >= 15 is 0 Å². The molecule has 0 aliphatic heterocycles. The topological polar surface area (TPSA) is 69.2 Å². The molecule has 1 aliphatic rings. The lowest BCUT2D eigenvalue weighted by Crippen LogP contribution is -2.33. The van der Waals surface area contributed by atoms with Gasteiger partial charge in [-0.25, -0.2) is 0 Å². The third kappa shape index (κ3) is 4.34. The molecule has 5 heteroatoms. The number of carbonyl (C=O) groups excluding carboxylic acids is 1. The van der Waals surface area contributed by atoms with E-state index in [2.05, 4.69) is 10.2 Å². The van der Waals surface area contributed by atoms with Crippen LogP contribution in [0.3, 0.4) is 0 Å². The molecule has 1 amide bonds. The number of aromatic nitrogens is 2. The number of aromatic hydroxyl groups is 1. The molecule has 5 nitrogen and oxygen atoms in total. The van der Waals surface area contributed by atoms with E-state index in [4.69, 9.17) is 0 Å². The van der Waals surface area contributed by atoms with E-state index < -0.39 is 0 Å². The molecule has 2 aromatic carbocycles. The molecule has 2 N–H and O–H groups in total. The van der Waals surface area contributed by atoms with Crippen LogP contribution in [0.15, 0.2) is 54.6 Å². The van der Waals surface area contributed by atoms with Crippen molar-refractivity contribution < 1.29 is 9.90 Å². The van der Waals surface area contributed by atoms with Crippen molar-refractivity contribution in [2.75, 3.05) is 7.05 Å². The van der Waals surface area contributed by atoms with E-state index in [1.54, 1.807) is 17.0 Å². The summed E-state index contributed by atoms with van der Waals surface area (Å²) in [6, 6.07) is 17.0. The molecule has 0 fully saturated rings. The number of phenols is 1. The highest BCUT2D eigenvalue weighted by molar-refractivity contribution is 5.84. The average molecular weight is 389 g/mol. The minimum atomic E-state index is -0.277. The van der Waals surface area contributed by atoms with Crippen LogP contribution in [0.25, 0.3) is 0 Å². The number of phenolic OH excluding ortho intramolecular Hbond substituents is 1. The van der Waals surface area contributed by atoms with Gasteiger partial charge in [-0.15, -0.1) is 0 Å². The van der Waals surface area contributed by atoms with Crippen LogP contribution in [0, 0.1) is 0 Å². The first-order chi connectivity index (χ1) is 14.1. The summed E-state index contributed by atoms with van der Waals surface area (Å²) in [5, 5.41) is 17.2. The Morgan fingerprint density at radius 2 is 1.83 bits per heavy atom. The number of benzene rings is 2. The Balaban J connectivity index is 1.55. The van der Waals surface area contributed by atoms with Gasteiger partial charge in [-0.1, -0.05) is 42.5 Å². The first-order valence-electron chi connectivity index (χ1n) is 10.2. The van der Waals surface area contributed by atoms with Crippen molar-refractivity contribution in [1.29, 1.82) is 0 Å². The summed E-state index contributed by atoms with van der Waals surface area (Å²) in [6.45, 7) is 0.517. The summed E-state index contributed by atoms with van der Waals surface area (Å²) in [7, 11) is 1.86. The zero-order valence-electron chi connectivity index (χ0n) is 16.8. The van der Waals surface area contributed by atoms with Gasteiger partial charge in [0, 0.05) is 12.7 Å². The van der Waals surface area contributed by atoms with E-state index in [0.29, 0.717) is 13.0 Å². The van der Waals surface area contributed by atoms with E-state index in [0.717, 1.165) is 29.7 Å². The Labute approximate surface area is 171 Å². The second-order valence-corrected chi connectivity index (χ2v) is 7.86.